The molecule has 1 aromatic heterocycles. The predicted octanol–water partition coefficient (Wildman–Crippen LogP) is 1.92. The fraction of sp³-hybridized carbons (Fsp3) is 0.583. The number of amides is 1. The lowest BCUT2D eigenvalue weighted by atomic mass is 9.98. The number of hydrogen-bond acceptors (Lipinski definition) is 3. The molecule has 3 nitrogen and oxygen atoms in total. The maximum atomic E-state index is 11.8. The van der Waals surface area contributed by atoms with Gasteiger partial charge in [0.15, 0.2) is 0 Å². The van der Waals surface area contributed by atoms with Crippen LogP contribution >= 0.6 is 11.3 Å². The Morgan fingerprint density at radius 3 is 2.88 bits per heavy atom. The third-order valence-electron chi connectivity index (χ3n) is 2.75. The molecule has 0 aliphatic heterocycles. The van der Waals surface area contributed by atoms with E-state index in [1.807, 2.05) is 19.2 Å². The van der Waals surface area contributed by atoms with E-state index in [1.54, 1.807) is 18.3 Å². The molecule has 4 heteroatoms. The highest BCUT2D eigenvalue weighted by Gasteiger charge is 2.26. The molecule has 2 atom stereocenters. The van der Waals surface area contributed by atoms with Crippen molar-refractivity contribution in [1.29, 1.82) is 0 Å². The number of nitrogens with two attached hydrogens (primary N) is 1. The first-order valence-corrected chi connectivity index (χ1v) is 6.51. The number of thiophene rings is 1. The van der Waals surface area contributed by atoms with Crippen molar-refractivity contribution in [3.63, 3.8) is 0 Å². The van der Waals surface area contributed by atoms with Crippen molar-refractivity contribution in [2.45, 2.75) is 45.2 Å². The summed E-state index contributed by atoms with van der Waals surface area (Å²) in [6.07, 6.45) is 1.50. The molecule has 0 aliphatic rings. The molecule has 0 saturated heterocycles. The Morgan fingerprint density at radius 2 is 2.38 bits per heavy atom. The van der Waals surface area contributed by atoms with E-state index < -0.39 is 5.54 Å². The van der Waals surface area contributed by atoms with Crippen molar-refractivity contribution in [2.24, 2.45) is 5.73 Å². The summed E-state index contributed by atoms with van der Waals surface area (Å²) in [5.74, 6) is -0.0715. The van der Waals surface area contributed by atoms with E-state index >= 15 is 0 Å². The van der Waals surface area contributed by atoms with Crippen LogP contribution in [-0.4, -0.2) is 17.5 Å². The van der Waals surface area contributed by atoms with Crippen LogP contribution in [-0.2, 0) is 11.2 Å². The van der Waals surface area contributed by atoms with Crippen molar-refractivity contribution in [2.75, 3.05) is 0 Å². The van der Waals surface area contributed by atoms with Gasteiger partial charge in [0.25, 0.3) is 0 Å². The van der Waals surface area contributed by atoms with E-state index in [1.165, 1.54) is 5.56 Å². The van der Waals surface area contributed by atoms with Crippen LogP contribution < -0.4 is 11.1 Å². The Bertz CT molecular complexity index is 333. The average molecular weight is 240 g/mol. The number of carbonyl (C=O) groups excluding carboxylic acids is 1. The highest BCUT2D eigenvalue weighted by atomic mass is 32.1. The predicted molar refractivity (Wildman–Crippen MR) is 68.5 cm³/mol. The van der Waals surface area contributed by atoms with Crippen molar-refractivity contribution < 1.29 is 4.79 Å². The molecular formula is C12H20N2OS. The smallest absolute Gasteiger partial charge is 0.240 e. The molecule has 0 saturated carbocycles. The molecule has 1 amide bonds. The molecule has 2 unspecified atom stereocenters. The van der Waals surface area contributed by atoms with E-state index in [0.29, 0.717) is 6.42 Å². The fourth-order valence-electron chi connectivity index (χ4n) is 1.36. The van der Waals surface area contributed by atoms with Gasteiger partial charge in [-0.05, 0) is 49.1 Å². The topological polar surface area (TPSA) is 55.1 Å². The van der Waals surface area contributed by atoms with Gasteiger partial charge in [0, 0.05) is 6.04 Å². The van der Waals surface area contributed by atoms with Crippen molar-refractivity contribution in [3.05, 3.63) is 22.4 Å². The van der Waals surface area contributed by atoms with E-state index in [9.17, 15) is 4.79 Å². The van der Waals surface area contributed by atoms with Crippen LogP contribution in [0, 0.1) is 0 Å². The van der Waals surface area contributed by atoms with Crippen LogP contribution in [0.2, 0.25) is 0 Å². The first-order valence-electron chi connectivity index (χ1n) is 5.56. The normalized spacial score (nSPS) is 16.5. The molecule has 1 aromatic rings. The van der Waals surface area contributed by atoms with E-state index in [4.69, 9.17) is 5.73 Å². The molecule has 90 valence electrons. The number of hydrogen-bond donors (Lipinski definition) is 2. The molecule has 1 rings (SSSR count). The maximum absolute atomic E-state index is 11.8. The first-order chi connectivity index (χ1) is 7.45. The lowest BCUT2D eigenvalue weighted by Crippen LogP contribution is -2.53. The summed E-state index contributed by atoms with van der Waals surface area (Å²) in [5.41, 5.74) is 6.37. The zero-order valence-electron chi connectivity index (χ0n) is 10.1. The molecule has 0 spiro atoms. The van der Waals surface area contributed by atoms with Crippen LogP contribution in [0.4, 0.5) is 0 Å². The zero-order valence-corrected chi connectivity index (χ0v) is 10.9. The van der Waals surface area contributed by atoms with Gasteiger partial charge in [0.1, 0.15) is 0 Å². The second-order valence-corrected chi connectivity index (χ2v) is 5.26. The summed E-state index contributed by atoms with van der Waals surface area (Å²) in [4.78, 5) is 11.8. The quantitative estimate of drug-likeness (QED) is 0.826. The second-order valence-electron chi connectivity index (χ2n) is 4.48. The van der Waals surface area contributed by atoms with Crippen LogP contribution in [0.3, 0.4) is 0 Å². The van der Waals surface area contributed by atoms with E-state index in [2.05, 4.69) is 16.8 Å². The third-order valence-corrected chi connectivity index (χ3v) is 3.48. The summed E-state index contributed by atoms with van der Waals surface area (Å²) in [7, 11) is 0. The second kappa shape index (κ2) is 5.46. The largest absolute Gasteiger partial charge is 0.352 e. The highest BCUT2D eigenvalue weighted by Crippen LogP contribution is 2.10. The van der Waals surface area contributed by atoms with Gasteiger partial charge in [-0.2, -0.15) is 11.3 Å². The van der Waals surface area contributed by atoms with Crippen LogP contribution in [0.5, 0.6) is 0 Å². The van der Waals surface area contributed by atoms with Crippen molar-refractivity contribution in [3.8, 4) is 0 Å². The van der Waals surface area contributed by atoms with Gasteiger partial charge in [-0.25, -0.2) is 0 Å². The monoisotopic (exact) mass is 240 g/mol. The molecule has 0 aromatic carbocycles. The Hall–Kier alpha value is -0.870. The zero-order chi connectivity index (χ0) is 12.2. The minimum Gasteiger partial charge on any atom is -0.352 e. The van der Waals surface area contributed by atoms with Gasteiger partial charge < -0.3 is 11.1 Å². The van der Waals surface area contributed by atoms with E-state index in [0.717, 1.165) is 6.42 Å². The Labute approximate surface area is 101 Å². The summed E-state index contributed by atoms with van der Waals surface area (Å²) < 4.78 is 0. The molecule has 0 aliphatic carbocycles. The summed E-state index contributed by atoms with van der Waals surface area (Å²) in [5, 5.41) is 7.10. The highest BCUT2D eigenvalue weighted by molar-refractivity contribution is 7.07. The van der Waals surface area contributed by atoms with Gasteiger partial charge >= 0.3 is 0 Å². The summed E-state index contributed by atoms with van der Waals surface area (Å²) in [6, 6.07) is 2.20. The van der Waals surface area contributed by atoms with E-state index in [-0.39, 0.29) is 11.9 Å². The number of carbonyl (C=O) groups is 1. The molecular weight excluding hydrogens is 220 g/mol. The van der Waals surface area contributed by atoms with Gasteiger partial charge in [-0.3, -0.25) is 4.79 Å². The van der Waals surface area contributed by atoms with Crippen LogP contribution in [0.15, 0.2) is 16.8 Å². The minimum absolute atomic E-state index is 0.0715. The molecule has 0 bridgehead atoms. The standard InChI is InChI=1S/C12H20N2OS/c1-4-12(3,13)11(15)14-9(2)7-10-5-6-16-8-10/h5-6,8-9H,4,7,13H2,1-3H3,(H,14,15). The van der Waals surface area contributed by atoms with Crippen LogP contribution in [0.1, 0.15) is 32.8 Å². The lowest BCUT2D eigenvalue weighted by Gasteiger charge is -2.24. The Morgan fingerprint density at radius 1 is 1.69 bits per heavy atom. The molecule has 1 heterocycles. The van der Waals surface area contributed by atoms with Crippen molar-refractivity contribution >= 4 is 17.2 Å². The Balaban J connectivity index is 2.46. The number of nitrogens with one attached hydrogen (secondary N) is 1. The first kappa shape index (κ1) is 13.2. The third kappa shape index (κ3) is 3.61. The maximum Gasteiger partial charge on any atom is 0.240 e. The average Bonchev–Trinajstić information content (AvgIpc) is 2.70. The van der Waals surface area contributed by atoms with Gasteiger partial charge in [-0.1, -0.05) is 6.92 Å². The summed E-state index contributed by atoms with van der Waals surface area (Å²) >= 11 is 1.67. The lowest BCUT2D eigenvalue weighted by molar-refractivity contribution is -0.126. The molecule has 0 fully saturated rings. The van der Waals surface area contributed by atoms with Gasteiger partial charge in [-0.15, -0.1) is 0 Å². The molecule has 16 heavy (non-hydrogen) atoms. The van der Waals surface area contributed by atoms with Gasteiger partial charge in [0.2, 0.25) is 5.91 Å². The fourth-order valence-corrected chi connectivity index (χ4v) is 2.04. The summed E-state index contributed by atoms with van der Waals surface area (Å²) in [6.45, 7) is 5.68. The van der Waals surface area contributed by atoms with Crippen molar-refractivity contribution in [1.82, 2.24) is 5.32 Å². The van der Waals surface area contributed by atoms with Crippen LogP contribution in [0.25, 0.3) is 0 Å². The molecule has 3 N–H and O–H groups in total. The molecule has 0 radical (unpaired) electrons. The Kier molecular flexibility index (Phi) is 4.50. The van der Waals surface area contributed by atoms with Gasteiger partial charge in [0.05, 0.1) is 5.54 Å². The minimum atomic E-state index is -0.761. The SMILES string of the molecule is CCC(C)(N)C(=O)NC(C)Cc1ccsc1. The number of rotatable bonds is 5.